The van der Waals surface area contributed by atoms with Crippen LogP contribution in [0.5, 0.6) is 0 Å². The fourth-order valence-corrected chi connectivity index (χ4v) is 3.59. The smallest absolute Gasteiger partial charge is 0.295 e. The van der Waals surface area contributed by atoms with E-state index in [1.165, 1.54) is 6.07 Å². The average molecular weight is 416 g/mol. The Morgan fingerprint density at radius 1 is 1.28 bits per heavy atom. The average Bonchev–Trinajstić information content (AvgIpc) is 3.34. The van der Waals surface area contributed by atoms with E-state index < -0.39 is 12.2 Å². The SMILES string of the molecule is CSCCC(NC(=O)c1ccc2nc(C(F)F)[nH]c2c1)c1nnc2ccccn12. The molecule has 0 bridgehead atoms. The first-order valence-corrected chi connectivity index (χ1v) is 10.3. The molecule has 2 N–H and O–H groups in total. The maximum Gasteiger partial charge on any atom is 0.295 e. The molecule has 4 aromatic rings. The van der Waals surface area contributed by atoms with Gasteiger partial charge in [-0.25, -0.2) is 13.8 Å². The number of benzene rings is 1. The number of pyridine rings is 1. The summed E-state index contributed by atoms with van der Waals surface area (Å²) in [6, 6.07) is 9.89. The molecular formula is C19H18F2N6OS. The number of nitrogens with one attached hydrogen (secondary N) is 2. The predicted molar refractivity (Wildman–Crippen MR) is 107 cm³/mol. The Labute approximate surface area is 168 Å². The third kappa shape index (κ3) is 3.93. The standard InChI is InChI=1S/C19H18F2N6OS/c1-29-9-7-13(18-26-25-15-4-2-3-8-27(15)18)24-19(28)11-5-6-12-14(10-11)23-17(22-12)16(20)21/h2-6,8,10,13,16H,7,9H2,1H3,(H,22,23)(H,24,28). The van der Waals surface area contributed by atoms with E-state index in [-0.39, 0.29) is 11.9 Å². The highest BCUT2D eigenvalue weighted by atomic mass is 32.2. The van der Waals surface area contributed by atoms with E-state index in [9.17, 15) is 13.6 Å². The number of aromatic amines is 1. The van der Waals surface area contributed by atoms with Gasteiger partial charge < -0.3 is 10.3 Å². The number of H-pyrrole nitrogens is 1. The van der Waals surface area contributed by atoms with Gasteiger partial charge in [-0.3, -0.25) is 9.20 Å². The number of nitrogens with zero attached hydrogens (tertiary/aromatic N) is 4. The first-order valence-electron chi connectivity index (χ1n) is 8.94. The zero-order valence-electron chi connectivity index (χ0n) is 15.5. The Morgan fingerprint density at radius 2 is 2.14 bits per heavy atom. The molecule has 0 aliphatic carbocycles. The lowest BCUT2D eigenvalue weighted by atomic mass is 10.1. The van der Waals surface area contributed by atoms with Crippen LogP contribution in [-0.4, -0.2) is 42.5 Å². The summed E-state index contributed by atoms with van der Waals surface area (Å²) in [6.45, 7) is 0. The largest absolute Gasteiger partial charge is 0.342 e. The van der Waals surface area contributed by atoms with Crippen LogP contribution in [0.25, 0.3) is 16.7 Å². The number of imidazole rings is 1. The van der Waals surface area contributed by atoms with Crippen molar-refractivity contribution in [1.29, 1.82) is 0 Å². The second-order valence-electron chi connectivity index (χ2n) is 6.45. The van der Waals surface area contributed by atoms with Crippen molar-refractivity contribution >= 4 is 34.3 Å². The predicted octanol–water partition coefficient (Wildman–Crippen LogP) is 3.77. The molecule has 7 nitrogen and oxygen atoms in total. The van der Waals surface area contributed by atoms with Crippen molar-refractivity contribution in [3.05, 3.63) is 59.8 Å². The third-order valence-corrected chi connectivity index (χ3v) is 5.18. The van der Waals surface area contributed by atoms with Crippen LogP contribution in [0.4, 0.5) is 8.78 Å². The van der Waals surface area contributed by atoms with E-state index in [4.69, 9.17) is 0 Å². The number of aromatic nitrogens is 5. The van der Waals surface area contributed by atoms with Crippen LogP contribution < -0.4 is 5.32 Å². The van der Waals surface area contributed by atoms with Crippen molar-refractivity contribution in [2.45, 2.75) is 18.9 Å². The molecule has 150 valence electrons. The van der Waals surface area contributed by atoms with Crippen LogP contribution in [0.1, 0.15) is 40.9 Å². The molecule has 29 heavy (non-hydrogen) atoms. The number of fused-ring (bicyclic) bond motifs is 2. The highest BCUT2D eigenvalue weighted by Crippen LogP contribution is 2.22. The minimum Gasteiger partial charge on any atom is -0.342 e. The minimum absolute atomic E-state index is 0.320. The molecule has 0 aliphatic rings. The van der Waals surface area contributed by atoms with Crippen molar-refractivity contribution in [2.24, 2.45) is 0 Å². The quantitative estimate of drug-likeness (QED) is 0.479. The molecule has 0 saturated heterocycles. The van der Waals surface area contributed by atoms with Crippen molar-refractivity contribution in [3.63, 3.8) is 0 Å². The topological polar surface area (TPSA) is 88.0 Å². The molecule has 10 heteroatoms. The lowest BCUT2D eigenvalue weighted by Gasteiger charge is -2.17. The molecule has 1 atom stereocenters. The number of hydrogen-bond acceptors (Lipinski definition) is 5. The molecule has 3 aromatic heterocycles. The van der Waals surface area contributed by atoms with E-state index in [1.54, 1.807) is 23.9 Å². The second-order valence-corrected chi connectivity index (χ2v) is 7.43. The van der Waals surface area contributed by atoms with Crippen LogP contribution in [0, 0.1) is 0 Å². The monoisotopic (exact) mass is 416 g/mol. The molecule has 0 aliphatic heterocycles. The zero-order chi connectivity index (χ0) is 20.4. The Balaban J connectivity index is 1.61. The van der Waals surface area contributed by atoms with Crippen LogP contribution in [-0.2, 0) is 0 Å². The van der Waals surface area contributed by atoms with Gasteiger partial charge in [0.2, 0.25) is 0 Å². The Morgan fingerprint density at radius 3 is 2.93 bits per heavy atom. The van der Waals surface area contributed by atoms with Gasteiger partial charge in [0.15, 0.2) is 17.3 Å². The number of carbonyl (C=O) groups excluding carboxylic acids is 1. The number of hydrogen-bond donors (Lipinski definition) is 2. The van der Waals surface area contributed by atoms with Crippen molar-refractivity contribution in [3.8, 4) is 0 Å². The lowest BCUT2D eigenvalue weighted by Crippen LogP contribution is -2.30. The fraction of sp³-hybridized carbons (Fsp3) is 0.263. The Bertz CT molecular complexity index is 1160. The van der Waals surface area contributed by atoms with Crippen LogP contribution in [0.3, 0.4) is 0 Å². The second kappa shape index (κ2) is 8.16. The highest BCUT2D eigenvalue weighted by Gasteiger charge is 2.21. The molecular weight excluding hydrogens is 398 g/mol. The first kappa shape index (κ1) is 19.3. The highest BCUT2D eigenvalue weighted by molar-refractivity contribution is 7.98. The van der Waals surface area contributed by atoms with Crippen molar-refractivity contribution < 1.29 is 13.6 Å². The summed E-state index contributed by atoms with van der Waals surface area (Å²) in [5.41, 5.74) is 1.83. The summed E-state index contributed by atoms with van der Waals surface area (Å²) < 4.78 is 27.5. The zero-order valence-corrected chi connectivity index (χ0v) is 16.3. The minimum atomic E-state index is -2.70. The fourth-order valence-electron chi connectivity index (χ4n) is 3.11. The summed E-state index contributed by atoms with van der Waals surface area (Å²) in [4.78, 5) is 19.3. The summed E-state index contributed by atoms with van der Waals surface area (Å²) in [7, 11) is 0. The van der Waals surface area contributed by atoms with Gasteiger partial charge in [0.25, 0.3) is 12.3 Å². The van der Waals surface area contributed by atoms with Crippen LogP contribution in [0.2, 0.25) is 0 Å². The lowest BCUT2D eigenvalue weighted by molar-refractivity contribution is 0.0934. The van der Waals surface area contributed by atoms with Crippen molar-refractivity contribution in [1.82, 2.24) is 29.9 Å². The van der Waals surface area contributed by atoms with E-state index in [2.05, 4.69) is 25.5 Å². The van der Waals surface area contributed by atoms with Crippen molar-refractivity contribution in [2.75, 3.05) is 12.0 Å². The van der Waals surface area contributed by atoms with E-state index in [0.29, 0.717) is 34.5 Å². The molecule has 3 heterocycles. The van der Waals surface area contributed by atoms with Gasteiger partial charge in [-0.05, 0) is 48.8 Å². The van der Waals surface area contributed by atoms with Crippen LogP contribution >= 0.6 is 11.8 Å². The molecule has 1 aromatic carbocycles. The summed E-state index contributed by atoms with van der Waals surface area (Å²) in [5.74, 6) is 0.735. The van der Waals surface area contributed by atoms with Gasteiger partial charge in [-0.15, -0.1) is 10.2 Å². The first-order chi connectivity index (χ1) is 14.1. The summed E-state index contributed by atoms with van der Waals surface area (Å²) >= 11 is 1.67. The van der Waals surface area contributed by atoms with E-state index in [0.717, 1.165) is 5.75 Å². The molecule has 1 unspecified atom stereocenters. The molecule has 4 rings (SSSR count). The van der Waals surface area contributed by atoms with Gasteiger partial charge >= 0.3 is 0 Å². The maximum atomic E-state index is 12.9. The summed E-state index contributed by atoms with van der Waals surface area (Å²) in [6.07, 6.45) is 1.82. The number of carbonyl (C=O) groups is 1. The van der Waals surface area contributed by atoms with Crippen LogP contribution in [0.15, 0.2) is 42.6 Å². The van der Waals surface area contributed by atoms with Gasteiger partial charge in [-0.2, -0.15) is 11.8 Å². The van der Waals surface area contributed by atoms with Gasteiger partial charge in [0.05, 0.1) is 17.1 Å². The number of thioether (sulfide) groups is 1. The number of alkyl halides is 2. The number of rotatable bonds is 7. The van der Waals surface area contributed by atoms with E-state index >= 15 is 0 Å². The molecule has 0 saturated carbocycles. The maximum absolute atomic E-state index is 12.9. The summed E-state index contributed by atoms with van der Waals surface area (Å²) in [5, 5.41) is 11.4. The molecule has 0 spiro atoms. The molecule has 1 amide bonds. The van der Waals surface area contributed by atoms with E-state index in [1.807, 2.05) is 35.1 Å². The van der Waals surface area contributed by atoms with Gasteiger partial charge in [0, 0.05) is 11.8 Å². The molecule has 0 radical (unpaired) electrons. The Hall–Kier alpha value is -3.01. The normalized spacial score (nSPS) is 12.7. The third-order valence-electron chi connectivity index (χ3n) is 4.54. The van der Waals surface area contributed by atoms with Gasteiger partial charge in [0.1, 0.15) is 0 Å². The Kier molecular flexibility index (Phi) is 5.43. The van der Waals surface area contributed by atoms with Gasteiger partial charge in [-0.1, -0.05) is 6.07 Å². The number of amides is 1. The number of halogens is 2. The molecule has 0 fully saturated rings.